The second-order valence-corrected chi connectivity index (χ2v) is 4.00. The van der Waals surface area contributed by atoms with Crippen molar-refractivity contribution < 1.29 is 4.79 Å². The molecule has 0 spiro atoms. The molecule has 1 fully saturated rings. The Labute approximate surface area is 62.0 Å². The fourth-order valence-electron chi connectivity index (χ4n) is 0.630. The molecule has 2 heteroatoms. The van der Waals surface area contributed by atoms with Gasteiger partial charge in [-0.1, -0.05) is 20.8 Å². The molecule has 0 aromatic carbocycles. The van der Waals surface area contributed by atoms with E-state index in [2.05, 4.69) is 5.32 Å². The van der Waals surface area contributed by atoms with Gasteiger partial charge in [0.15, 0.2) is 0 Å². The van der Waals surface area contributed by atoms with E-state index in [4.69, 9.17) is 0 Å². The van der Waals surface area contributed by atoms with E-state index >= 15 is 0 Å². The zero-order valence-corrected chi connectivity index (χ0v) is 6.90. The summed E-state index contributed by atoms with van der Waals surface area (Å²) in [5.41, 5.74) is -0.220. The summed E-state index contributed by atoms with van der Waals surface area (Å²) >= 11 is 0. The first kappa shape index (κ1) is 7.58. The Morgan fingerprint density at radius 1 is 1.40 bits per heavy atom. The van der Waals surface area contributed by atoms with E-state index in [-0.39, 0.29) is 11.3 Å². The summed E-state index contributed by atoms with van der Waals surface area (Å²) in [5.74, 6) is 0.176. The molecular formula is C8H15NO. The van der Waals surface area contributed by atoms with E-state index in [1.807, 2.05) is 20.8 Å². The van der Waals surface area contributed by atoms with Crippen LogP contribution >= 0.6 is 0 Å². The Kier molecular flexibility index (Phi) is 1.71. The maximum Gasteiger partial charge on any atom is 0.225 e. The highest BCUT2D eigenvalue weighted by Crippen LogP contribution is 2.21. The number of rotatable bonds is 1. The van der Waals surface area contributed by atoms with Crippen molar-refractivity contribution in [3.8, 4) is 0 Å². The van der Waals surface area contributed by atoms with E-state index in [9.17, 15) is 4.79 Å². The van der Waals surface area contributed by atoms with Crippen LogP contribution in [0.5, 0.6) is 0 Å². The van der Waals surface area contributed by atoms with Crippen LogP contribution < -0.4 is 5.32 Å². The maximum absolute atomic E-state index is 11.2. The van der Waals surface area contributed by atoms with Gasteiger partial charge >= 0.3 is 0 Å². The van der Waals surface area contributed by atoms with E-state index in [1.54, 1.807) is 0 Å². The Hall–Kier alpha value is -0.530. The molecule has 1 aliphatic carbocycles. The number of carbonyl (C=O) groups excluding carboxylic acids is 1. The minimum Gasteiger partial charge on any atom is -0.353 e. The molecule has 0 atom stereocenters. The van der Waals surface area contributed by atoms with Crippen LogP contribution in [0, 0.1) is 5.41 Å². The molecule has 1 saturated carbocycles. The van der Waals surface area contributed by atoms with Crippen LogP contribution in [0.15, 0.2) is 0 Å². The fraction of sp³-hybridized carbons (Fsp3) is 0.875. The van der Waals surface area contributed by atoms with Crippen LogP contribution in [0.4, 0.5) is 0 Å². The molecule has 1 amide bonds. The molecule has 0 aromatic heterocycles. The Balaban J connectivity index is 2.32. The lowest BCUT2D eigenvalue weighted by molar-refractivity contribution is -0.128. The zero-order valence-electron chi connectivity index (χ0n) is 6.90. The van der Waals surface area contributed by atoms with Gasteiger partial charge in [0.1, 0.15) is 0 Å². The van der Waals surface area contributed by atoms with Crippen molar-refractivity contribution in [2.75, 3.05) is 0 Å². The monoisotopic (exact) mass is 141 g/mol. The highest BCUT2D eigenvalue weighted by molar-refractivity contribution is 5.81. The molecule has 0 unspecified atom stereocenters. The van der Waals surface area contributed by atoms with Crippen molar-refractivity contribution in [1.82, 2.24) is 5.32 Å². The van der Waals surface area contributed by atoms with Gasteiger partial charge in [-0.05, 0) is 12.8 Å². The predicted molar refractivity (Wildman–Crippen MR) is 40.6 cm³/mol. The van der Waals surface area contributed by atoms with Gasteiger partial charge in [0.25, 0.3) is 0 Å². The van der Waals surface area contributed by atoms with Crippen LogP contribution in [0.3, 0.4) is 0 Å². The third-order valence-electron chi connectivity index (χ3n) is 1.59. The molecule has 0 radical (unpaired) electrons. The zero-order chi connectivity index (χ0) is 7.78. The molecule has 0 bridgehead atoms. The molecule has 2 nitrogen and oxygen atoms in total. The summed E-state index contributed by atoms with van der Waals surface area (Å²) in [6.07, 6.45) is 2.34. The molecular weight excluding hydrogens is 126 g/mol. The second-order valence-electron chi connectivity index (χ2n) is 4.00. The summed E-state index contributed by atoms with van der Waals surface area (Å²) in [6.45, 7) is 5.81. The highest BCUT2D eigenvalue weighted by Gasteiger charge is 2.28. The molecule has 1 aliphatic rings. The van der Waals surface area contributed by atoms with Crippen molar-refractivity contribution in [2.45, 2.75) is 39.7 Å². The normalized spacial score (nSPS) is 18.7. The lowest BCUT2D eigenvalue weighted by Gasteiger charge is -2.16. The van der Waals surface area contributed by atoms with Crippen LogP contribution in [-0.4, -0.2) is 11.9 Å². The largest absolute Gasteiger partial charge is 0.353 e. The summed E-state index contributed by atoms with van der Waals surface area (Å²) in [5, 5.41) is 2.95. The number of hydrogen-bond acceptors (Lipinski definition) is 1. The van der Waals surface area contributed by atoms with Crippen LogP contribution in [0.25, 0.3) is 0 Å². The minimum atomic E-state index is -0.220. The van der Waals surface area contributed by atoms with Crippen molar-refractivity contribution in [3.63, 3.8) is 0 Å². The van der Waals surface area contributed by atoms with E-state index < -0.39 is 0 Å². The Morgan fingerprint density at radius 3 is 2.20 bits per heavy atom. The number of carbonyl (C=O) groups is 1. The first-order valence-corrected chi connectivity index (χ1v) is 3.81. The average Bonchev–Trinajstić information content (AvgIpc) is 2.47. The Bertz CT molecular complexity index is 142. The maximum atomic E-state index is 11.2. The number of hydrogen-bond donors (Lipinski definition) is 1. The van der Waals surface area contributed by atoms with Gasteiger partial charge in [-0.2, -0.15) is 0 Å². The highest BCUT2D eigenvalue weighted by atomic mass is 16.2. The van der Waals surface area contributed by atoms with E-state index in [0.29, 0.717) is 6.04 Å². The van der Waals surface area contributed by atoms with E-state index in [1.165, 1.54) is 12.8 Å². The van der Waals surface area contributed by atoms with Crippen LogP contribution in [0.1, 0.15) is 33.6 Å². The quantitative estimate of drug-likeness (QED) is 0.586. The standard InChI is InChI=1S/C8H15NO/c1-8(2,3)7(10)9-6-4-5-6/h6H,4-5H2,1-3H3,(H,9,10). The smallest absolute Gasteiger partial charge is 0.225 e. The molecule has 10 heavy (non-hydrogen) atoms. The molecule has 0 aromatic rings. The van der Waals surface area contributed by atoms with Crippen LogP contribution in [0.2, 0.25) is 0 Å². The second kappa shape index (κ2) is 2.26. The van der Waals surface area contributed by atoms with Crippen LogP contribution in [-0.2, 0) is 4.79 Å². The van der Waals surface area contributed by atoms with Crippen molar-refractivity contribution in [3.05, 3.63) is 0 Å². The third kappa shape index (κ3) is 2.01. The molecule has 0 aliphatic heterocycles. The third-order valence-corrected chi connectivity index (χ3v) is 1.59. The summed E-state index contributed by atoms with van der Waals surface area (Å²) in [4.78, 5) is 11.2. The first-order chi connectivity index (χ1) is 4.50. The minimum absolute atomic E-state index is 0.176. The topological polar surface area (TPSA) is 29.1 Å². The molecule has 1 rings (SSSR count). The Morgan fingerprint density at radius 2 is 1.90 bits per heavy atom. The van der Waals surface area contributed by atoms with Gasteiger partial charge in [0, 0.05) is 11.5 Å². The molecule has 58 valence electrons. The van der Waals surface area contributed by atoms with Crippen molar-refractivity contribution in [1.29, 1.82) is 0 Å². The lowest BCUT2D eigenvalue weighted by atomic mass is 9.96. The average molecular weight is 141 g/mol. The van der Waals surface area contributed by atoms with Gasteiger partial charge in [-0.25, -0.2) is 0 Å². The lowest BCUT2D eigenvalue weighted by Crippen LogP contribution is -2.36. The molecule has 1 N–H and O–H groups in total. The summed E-state index contributed by atoms with van der Waals surface area (Å²) in [7, 11) is 0. The number of amides is 1. The number of nitrogens with one attached hydrogen (secondary N) is 1. The van der Waals surface area contributed by atoms with Gasteiger partial charge in [0.05, 0.1) is 0 Å². The SMILES string of the molecule is CC(C)(C)C(=O)NC1CC1. The molecule has 0 heterocycles. The van der Waals surface area contributed by atoms with Gasteiger partial charge in [-0.3, -0.25) is 4.79 Å². The van der Waals surface area contributed by atoms with Gasteiger partial charge in [0.2, 0.25) is 5.91 Å². The molecule has 0 saturated heterocycles. The first-order valence-electron chi connectivity index (χ1n) is 3.81. The van der Waals surface area contributed by atoms with Gasteiger partial charge in [-0.15, -0.1) is 0 Å². The van der Waals surface area contributed by atoms with Crippen molar-refractivity contribution >= 4 is 5.91 Å². The fourth-order valence-corrected chi connectivity index (χ4v) is 0.630. The van der Waals surface area contributed by atoms with E-state index in [0.717, 1.165) is 0 Å². The van der Waals surface area contributed by atoms with Gasteiger partial charge < -0.3 is 5.32 Å². The summed E-state index contributed by atoms with van der Waals surface area (Å²) in [6, 6.07) is 0.492. The predicted octanol–water partition coefficient (Wildman–Crippen LogP) is 1.31. The van der Waals surface area contributed by atoms with Crippen molar-refractivity contribution in [2.24, 2.45) is 5.41 Å². The summed E-state index contributed by atoms with van der Waals surface area (Å²) < 4.78 is 0.